The average molecular weight is 225 g/mol. The molecule has 0 spiro atoms. The second-order valence-electron chi connectivity index (χ2n) is 4.31. The van der Waals surface area contributed by atoms with Crippen molar-refractivity contribution in [1.82, 2.24) is 0 Å². The quantitative estimate of drug-likeness (QED) is 0.708. The van der Waals surface area contributed by atoms with Crippen molar-refractivity contribution in [3.05, 3.63) is 0 Å². The molecule has 15 heavy (non-hydrogen) atoms. The third-order valence-electron chi connectivity index (χ3n) is 3.33. The van der Waals surface area contributed by atoms with Gasteiger partial charge in [0.15, 0.2) is 5.60 Å². The maximum atomic E-state index is 12.7. The van der Waals surface area contributed by atoms with E-state index in [0.717, 1.165) is 25.7 Å². The molecule has 1 rings (SSSR count). The third-order valence-corrected chi connectivity index (χ3v) is 3.33. The zero-order chi connectivity index (χ0) is 11.5. The highest BCUT2D eigenvalue weighted by atomic mass is 19.4. The summed E-state index contributed by atoms with van der Waals surface area (Å²) in [5.74, 6) is -0.731. The van der Waals surface area contributed by atoms with E-state index in [4.69, 9.17) is 5.73 Å². The molecular weight excluding hydrogens is 207 g/mol. The molecule has 1 aliphatic rings. The number of halogens is 3. The van der Waals surface area contributed by atoms with Crippen molar-refractivity contribution in [1.29, 1.82) is 0 Å². The fraction of sp³-hybridized carbons (Fsp3) is 1.00. The van der Waals surface area contributed by atoms with Crippen molar-refractivity contribution in [3.8, 4) is 0 Å². The van der Waals surface area contributed by atoms with E-state index in [1.54, 1.807) is 0 Å². The predicted octanol–water partition coefficient (Wildman–Crippen LogP) is 2.21. The van der Waals surface area contributed by atoms with Gasteiger partial charge in [-0.05, 0) is 18.8 Å². The van der Waals surface area contributed by atoms with Crippen LogP contribution in [0.3, 0.4) is 0 Å². The summed E-state index contributed by atoms with van der Waals surface area (Å²) >= 11 is 0. The highest BCUT2D eigenvalue weighted by Crippen LogP contribution is 2.41. The van der Waals surface area contributed by atoms with Gasteiger partial charge in [0.1, 0.15) is 0 Å². The van der Waals surface area contributed by atoms with Gasteiger partial charge in [0, 0.05) is 6.54 Å². The molecule has 0 aromatic heterocycles. The van der Waals surface area contributed by atoms with Crippen molar-refractivity contribution in [2.24, 2.45) is 11.7 Å². The molecule has 1 fully saturated rings. The lowest BCUT2D eigenvalue weighted by Gasteiger charge is -2.36. The molecule has 1 atom stereocenters. The first-order valence-electron chi connectivity index (χ1n) is 5.41. The topological polar surface area (TPSA) is 46.2 Å². The normalized spacial score (nSPS) is 24.6. The van der Waals surface area contributed by atoms with Gasteiger partial charge in [0.2, 0.25) is 0 Å². The summed E-state index contributed by atoms with van der Waals surface area (Å²) < 4.78 is 38.1. The smallest absolute Gasteiger partial charge is 0.379 e. The van der Waals surface area contributed by atoms with Crippen molar-refractivity contribution in [2.75, 3.05) is 6.54 Å². The van der Waals surface area contributed by atoms with Crippen molar-refractivity contribution < 1.29 is 18.3 Å². The fourth-order valence-corrected chi connectivity index (χ4v) is 2.27. The molecule has 0 saturated heterocycles. The van der Waals surface area contributed by atoms with Gasteiger partial charge in [0.25, 0.3) is 0 Å². The summed E-state index contributed by atoms with van der Waals surface area (Å²) in [4.78, 5) is 0. The number of hydrogen-bond acceptors (Lipinski definition) is 2. The number of rotatable bonds is 2. The Morgan fingerprint density at radius 2 is 1.53 bits per heavy atom. The van der Waals surface area contributed by atoms with E-state index in [9.17, 15) is 18.3 Å². The maximum absolute atomic E-state index is 12.7. The molecule has 90 valence electrons. The molecule has 3 N–H and O–H groups in total. The summed E-state index contributed by atoms with van der Waals surface area (Å²) in [5.41, 5.74) is 2.42. The fourth-order valence-electron chi connectivity index (χ4n) is 2.27. The first kappa shape index (κ1) is 12.8. The molecule has 0 aliphatic heterocycles. The van der Waals surface area contributed by atoms with Gasteiger partial charge in [-0.3, -0.25) is 0 Å². The molecule has 1 aliphatic carbocycles. The van der Waals surface area contributed by atoms with Crippen molar-refractivity contribution in [2.45, 2.75) is 50.3 Å². The van der Waals surface area contributed by atoms with Gasteiger partial charge in [-0.15, -0.1) is 0 Å². The van der Waals surface area contributed by atoms with Crippen LogP contribution in [-0.4, -0.2) is 23.4 Å². The van der Waals surface area contributed by atoms with Crippen LogP contribution < -0.4 is 5.73 Å². The zero-order valence-electron chi connectivity index (χ0n) is 8.69. The Labute approximate surface area is 87.6 Å². The van der Waals surface area contributed by atoms with Crippen LogP contribution in [0.2, 0.25) is 0 Å². The molecule has 0 amide bonds. The second kappa shape index (κ2) is 4.70. The molecular formula is C10H18F3NO. The standard InChI is InChI=1S/C10H18F3NO/c11-10(12,13)9(15,7-14)8-5-3-1-2-4-6-8/h8,15H,1-7,14H2. The molecule has 1 unspecified atom stereocenters. The van der Waals surface area contributed by atoms with Crippen LogP contribution in [-0.2, 0) is 0 Å². The molecule has 0 radical (unpaired) electrons. The first-order chi connectivity index (χ1) is 6.92. The second-order valence-corrected chi connectivity index (χ2v) is 4.31. The van der Waals surface area contributed by atoms with E-state index in [-0.39, 0.29) is 0 Å². The van der Waals surface area contributed by atoms with Crippen LogP contribution in [0, 0.1) is 5.92 Å². The Morgan fingerprint density at radius 1 is 1.07 bits per heavy atom. The highest BCUT2D eigenvalue weighted by molar-refractivity contribution is 4.94. The summed E-state index contributed by atoms with van der Waals surface area (Å²) in [6.45, 7) is -0.735. The highest BCUT2D eigenvalue weighted by Gasteiger charge is 2.56. The molecule has 0 aromatic rings. The lowest BCUT2D eigenvalue weighted by Crippen LogP contribution is -2.56. The Balaban J connectivity index is 2.79. The van der Waals surface area contributed by atoms with Crippen LogP contribution in [0.15, 0.2) is 0 Å². The van der Waals surface area contributed by atoms with E-state index in [2.05, 4.69) is 0 Å². The molecule has 1 saturated carbocycles. The lowest BCUT2D eigenvalue weighted by atomic mass is 9.81. The molecule has 0 aromatic carbocycles. The van der Waals surface area contributed by atoms with E-state index < -0.39 is 24.2 Å². The van der Waals surface area contributed by atoms with E-state index >= 15 is 0 Å². The molecule has 0 bridgehead atoms. The molecule has 2 nitrogen and oxygen atoms in total. The van der Waals surface area contributed by atoms with Gasteiger partial charge in [-0.1, -0.05) is 25.7 Å². The van der Waals surface area contributed by atoms with Crippen molar-refractivity contribution in [3.63, 3.8) is 0 Å². The van der Waals surface area contributed by atoms with Crippen LogP contribution in [0.4, 0.5) is 13.2 Å². The Kier molecular flexibility index (Phi) is 4.00. The summed E-state index contributed by atoms with van der Waals surface area (Å²) in [6.07, 6.45) is -0.354. The van der Waals surface area contributed by atoms with Crippen LogP contribution in [0.25, 0.3) is 0 Å². The summed E-state index contributed by atoms with van der Waals surface area (Å²) in [6, 6.07) is 0. The SMILES string of the molecule is NCC(O)(C1CCCCCC1)C(F)(F)F. The number of aliphatic hydroxyl groups is 1. The van der Waals surface area contributed by atoms with Crippen molar-refractivity contribution >= 4 is 0 Å². The van der Waals surface area contributed by atoms with E-state index in [1.807, 2.05) is 0 Å². The minimum absolute atomic E-state index is 0.424. The maximum Gasteiger partial charge on any atom is 0.418 e. The van der Waals surface area contributed by atoms with Gasteiger partial charge in [0.05, 0.1) is 0 Å². The minimum atomic E-state index is -4.61. The molecule has 0 heterocycles. The lowest BCUT2D eigenvalue weighted by molar-refractivity contribution is -0.276. The van der Waals surface area contributed by atoms with Gasteiger partial charge >= 0.3 is 6.18 Å². The molecule has 5 heteroatoms. The Morgan fingerprint density at radius 3 is 1.87 bits per heavy atom. The summed E-state index contributed by atoms with van der Waals surface area (Å²) in [5, 5.41) is 9.66. The Hall–Kier alpha value is -0.290. The van der Waals surface area contributed by atoms with E-state index in [0.29, 0.717) is 12.8 Å². The number of alkyl halides is 3. The summed E-state index contributed by atoms with van der Waals surface area (Å²) in [7, 11) is 0. The Bertz CT molecular complexity index is 199. The van der Waals surface area contributed by atoms with Crippen LogP contribution in [0.1, 0.15) is 38.5 Å². The van der Waals surface area contributed by atoms with E-state index in [1.165, 1.54) is 0 Å². The number of nitrogens with two attached hydrogens (primary N) is 1. The monoisotopic (exact) mass is 225 g/mol. The van der Waals surface area contributed by atoms with Gasteiger partial charge < -0.3 is 10.8 Å². The van der Waals surface area contributed by atoms with Crippen LogP contribution in [0.5, 0.6) is 0 Å². The minimum Gasteiger partial charge on any atom is -0.379 e. The zero-order valence-corrected chi connectivity index (χ0v) is 8.69. The number of hydrogen-bond donors (Lipinski definition) is 2. The average Bonchev–Trinajstić information content (AvgIpc) is 2.43. The van der Waals surface area contributed by atoms with Gasteiger partial charge in [-0.25, -0.2) is 0 Å². The third kappa shape index (κ3) is 2.64. The predicted molar refractivity (Wildman–Crippen MR) is 51.3 cm³/mol. The van der Waals surface area contributed by atoms with Gasteiger partial charge in [-0.2, -0.15) is 13.2 Å². The largest absolute Gasteiger partial charge is 0.418 e. The first-order valence-corrected chi connectivity index (χ1v) is 5.41. The van der Waals surface area contributed by atoms with Crippen LogP contribution >= 0.6 is 0 Å².